The quantitative estimate of drug-likeness (QED) is 0.854. The average molecular weight is 320 g/mol. The summed E-state index contributed by atoms with van der Waals surface area (Å²) in [6.07, 6.45) is 4.32. The first-order valence-electron chi connectivity index (χ1n) is 7.65. The molecule has 1 aliphatic heterocycles. The van der Waals surface area contributed by atoms with E-state index in [9.17, 15) is 14.7 Å². The Bertz CT molecular complexity index is 718. The predicted octanol–water partition coefficient (Wildman–Crippen LogP) is 0.289. The highest BCUT2D eigenvalue weighted by molar-refractivity contribution is 5.76. The van der Waals surface area contributed by atoms with Crippen LogP contribution in [0.5, 0.6) is 0 Å². The van der Waals surface area contributed by atoms with Crippen molar-refractivity contribution in [1.29, 1.82) is 0 Å². The van der Waals surface area contributed by atoms with E-state index in [1.165, 1.54) is 17.2 Å². The van der Waals surface area contributed by atoms with E-state index in [1.54, 1.807) is 24.1 Å². The molecule has 0 bridgehead atoms. The third-order valence-corrected chi connectivity index (χ3v) is 4.24. The maximum absolute atomic E-state index is 12.5. The number of furan rings is 1. The van der Waals surface area contributed by atoms with Crippen molar-refractivity contribution in [3.8, 4) is 0 Å². The number of aryl methyl sites for hydroxylation is 1. The second kappa shape index (κ2) is 6.41. The highest BCUT2D eigenvalue weighted by Crippen LogP contribution is 2.27. The predicted molar refractivity (Wildman–Crippen MR) is 80.5 cm³/mol. The van der Waals surface area contributed by atoms with Gasteiger partial charge in [-0.3, -0.25) is 9.36 Å². The van der Waals surface area contributed by atoms with Crippen molar-refractivity contribution in [2.24, 2.45) is 7.05 Å². The molecule has 1 saturated heterocycles. The summed E-state index contributed by atoms with van der Waals surface area (Å²) >= 11 is 0. The molecule has 1 N–H and O–H groups in total. The second-order valence-electron chi connectivity index (χ2n) is 5.83. The Morgan fingerprint density at radius 1 is 1.57 bits per heavy atom. The molecule has 23 heavy (non-hydrogen) atoms. The molecule has 0 aromatic carbocycles. The third-order valence-electron chi connectivity index (χ3n) is 4.24. The summed E-state index contributed by atoms with van der Waals surface area (Å²) in [5.41, 5.74) is -0.315. The molecule has 3 rings (SSSR count). The summed E-state index contributed by atoms with van der Waals surface area (Å²) in [5.74, 6) is 0.352. The van der Waals surface area contributed by atoms with Crippen molar-refractivity contribution in [1.82, 2.24) is 19.2 Å². The first-order chi connectivity index (χ1) is 11.1. The van der Waals surface area contributed by atoms with Crippen LogP contribution in [0.1, 0.15) is 31.1 Å². The van der Waals surface area contributed by atoms with Crippen LogP contribution < -0.4 is 5.69 Å². The summed E-state index contributed by atoms with van der Waals surface area (Å²) in [6, 6.07) is 3.39. The average Bonchev–Trinajstić information content (AvgIpc) is 3.25. The zero-order chi connectivity index (χ0) is 16.4. The van der Waals surface area contributed by atoms with E-state index in [2.05, 4.69) is 5.10 Å². The van der Waals surface area contributed by atoms with Crippen molar-refractivity contribution in [3.63, 3.8) is 0 Å². The molecule has 2 aromatic rings. The maximum atomic E-state index is 12.5. The lowest BCUT2D eigenvalue weighted by atomic mass is 10.1. The molecule has 1 amide bonds. The Hall–Kier alpha value is -2.35. The number of nitrogens with zero attached hydrogens (tertiary/aromatic N) is 4. The van der Waals surface area contributed by atoms with Gasteiger partial charge in [-0.25, -0.2) is 9.48 Å². The smallest absolute Gasteiger partial charge is 0.345 e. The molecule has 3 heterocycles. The summed E-state index contributed by atoms with van der Waals surface area (Å²) in [4.78, 5) is 26.0. The van der Waals surface area contributed by atoms with Gasteiger partial charge in [0.1, 0.15) is 24.7 Å². The zero-order valence-corrected chi connectivity index (χ0v) is 13.0. The molecule has 0 saturated carbocycles. The van der Waals surface area contributed by atoms with Crippen molar-refractivity contribution in [2.75, 3.05) is 6.54 Å². The topological polar surface area (TPSA) is 93.5 Å². The van der Waals surface area contributed by atoms with Crippen LogP contribution in [-0.4, -0.2) is 42.8 Å². The van der Waals surface area contributed by atoms with Crippen LogP contribution >= 0.6 is 0 Å². The minimum atomic E-state index is -0.735. The molecule has 2 unspecified atom stereocenters. The van der Waals surface area contributed by atoms with Crippen LogP contribution in [0, 0.1) is 0 Å². The van der Waals surface area contributed by atoms with E-state index in [-0.39, 0.29) is 24.2 Å². The highest BCUT2D eigenvalue weighted by atomic mass is 16.4. The molecule has 8 heteroatoms. The fourth-order valence-corrected chi connectivity index (χ4v) is 3.01. The van der Waals surface area contributed by atoms with Crippen molar-refractivity contribution in [3.05, 3.63) is 41.0 Å². The van der Waals surface area contributed by atoms with E-state index in [4.69, 9.17) is 4.42 Å². The maximum Gasteiger partial charge on any atom is 0.345 e. The fraction of sp³-hybridized carbons (Fsp3) is 0.533. The molecule has 1 fully saturated rings. The first-order valence-corrected chi connectivity index (χ1v) is 7.65. The van der Waals surface area contributed by atoms with Crippen molar-refractivity contribution < 1.29 is 14.3 Å². The Kier molecular flexibility index (Phi) is 4.33. The number of carbonyl (C=O) groups excluding carboxylic acids is 1. The third kappa shape index (κ3) is 3.21. The molecule has 0 radical (unpaired) electrons. The second-order valence-corrected chi connectivity index (χ2v) is 5.83. The van der Waals surface area contributed by atoms with Crippen LogP contribution in [-0.2, 0) is 18.4 Å². The van der Waals surface area contributed by atoms with Gasteiger partial charge in [0.15, 0.2) is 0 Å². The zero-order valence-electron chi connectivity index (χ0n) is 13.0. The number of aromatic nitrogens is 3. The van der Waals surface area contributed by atoms with Gasteiger partial charge in [-0.05, 0) is 25.0 Å². The Labute approximate surface area is 132 Å². The first kappa shape index (κ1) is 15.5. The van der Waals surface area contributed by atoms with E-state index in [1.807, 2.05) is 0 Å². The van der Waals surface area contributed by atoms with Gasteiger partial charge in [-0.15, -0.1) is 0 Å². The molecular formula is C15H20N4O4. The molecule has 0 spiro atoms. The number of carbonyl (C=O) groups is 1. The van der Waals surface area contributed by atoms with Gasteiger partial charge in [0.2, 0.25) is 5.91 Å². The number of aliphatic hydroxyl groups is 1. The summed E-state index contributed by atoms with van der Waals surface area (Å²) < 4.78 is 7.69. The van der Waals surface area contributed by atoms with Crippen LogP contribution in [0.2, 0.25) is 0 Å². The van der Waals surface area contributed by atoms with Crippen LogP contribution in [0.15, 0.2) is 33.9 Å². The van der Waals surface area contributed by atoms with Gasteiger partial charge in [0.25, 0.3) is 0 Å². The van der Waals surface area contributed by atoms with Gasteiger partial charge < -0.3 is 14.4 Å². The Morgan fingerprint density at radius 3 is 3.04 bits per heavy atom. The van der Waals surface area contributed by atoms with Crippen molar-refractivity contribution in [2.45, 2.75) is 38.0 Å². The lowest BCUT2D eigenvalue weighted by molar-refractivity contribution is -0.133. The van der Waals surface area contributed by atoms with Crippen LogP contribution in [0.25, 0.3) is 0 Å². The minimum absolute atomic E-state index is 0.0537. The normalized spacial score (nSPS) is 19.2. The summed E-state index contributed by atoms with van der Waals surface area (Å²) in [5, 5.41) is 14.1. The number of hydrogen-bond donors (Lipinski definition) is 1. The fourth-order valence-electron chi connectivity index (χ4n) is 3.01. The molecule has 0 aliphatic carbocycles. The van der Waals surface area contributed by atoms with E-state index in [0.717, 1.165) is 17.5 Å². The molecule has 2 aromatic heterocycles. The standard InChI is InChI=1S/C15H20N4O4/c1-17-10-16-19(15(17)22)9-14(21)18-6-2-4-11(18)8-12(20)13-5-3-7-23-13/h3,5,7,10-12,20H,2,4,6,8-9H2,1H3. The number of hydrogen-bond acceptors (Lipinski definition) is 5. The lowest BCUT2D eigenvalue weighted by Gasteiger charge is -2.26. The summed E-state index contributed by atoms with van der Waals surface area (Å²) in [7, 11) is 1.59. The monoisotopic (exact) mass is 320 g/mol. The highest BCUT2D eigenvalue weighted by Gasteiger charge is 2.31. The van der Waals surface area contributed by atoms with E-state index >= 15 is 0 Å². The van der Waals surface area contributed by atoms with Gasteiger partial charge >= 0.3 is 5.69 Å². The Morgan fingerprint density at radius 2 is 2.39 bits per heavy atom. The minimum Gasteiger partial charge on any atom is -0.467 e. The van der Waals surface area contributed by atoms with Gasteiger partial charge in [0, 0.05) is 26.1 Å². The largest absolute Gasteiger partial charge is 0.467 e. The molecule has 124 valence electrons. The van der Waals surface area contributed by atoms with E-state index in [0.29, 0.717) is 18.7 Å². The van der Waals surface area contributed by atoms with Crippen LogP contribution in [0.4, 0.5) is 0 Å². The van der Waals surface area contributed by atoms with Gasteiger partial charge in [0.05, 0.1) is 6.26 Å². The molecule has 2 atom stereocenters. The van der Waals surface area contributed by atoms with Crippen molar-refractivity contribution >= 4 is 5.91 Å². The SMILES string of the molecule is Cn1cnn(CC(=O)N2CCCC2CC(O)c2ccco2)c1=O. The number of rotatable bonds is 5. The van der Waals surface area contributed by atoms with Gasteiger partial charge in [-0.1, -0.05) is 0 Å². The Balaban J connectivity index is 1.65. The van der Waals surface area contributed by atoms with E-state index < -0.39 is 6.10 Å². The molecule has 1 aliphatic rings. The number of likely N-dealkylation sites (tertiary alicyclic amines) is 1. The summed E-state index contributed by atoms with van der Waals surface area (Å²) in [6.45, 7) is 0.559. The number of amides is 1. The lowest BCUT2D eigenvalue weighted by Crippen LogP contribution is -2.40. The molecular weight excluding hydrogens is 300 g/mol. The van der Waals surface area contributed by atoms with Crippen LogP contribution in [0.3, 0.4) is 0 Å². The number of aliphatic hydroxyl groups excluding tert-OH is 1. The van der Waals surface area contributed by atoms with Gasteiger partial charge in [-0.2, -0.15) is 5.10 Å². The molecule has 8 nitrogen and oxygen atoms in total.